The van der Waals surface area contributed by atoms with Crippen LogP contribution >= 0.6 is 0 Å². The molecule has 1 unspecified atom stereocenters. The second kappa shape index (κ2) is 11.0. The third-order valence-electron chi connectivity index (χ3n) is 5.03. The Morgan fingerprint density at radius 2 is 2.04 bits per heavy atom. The molecule has 1 saturated heterocycles. The Morgan fingerprint density at radius 3 is 2.64 bits per heavy atom. The molecule has 0 bridgehead atoms. The average molecular weight is 355 g/mol. The summed E-state index contributed by atoms with van der Waals surface area (Å²) in [5.41, 5.74) is 0. The summed E-state index contributed by atoms with van der Waals surface area (Å²) in [5, 5.41) is 3.42. The molecule has 0 amide bonds. The third-order valence-corrected chi connectivity index (χ3v) is 5.03. The van der Waals surface area contributed by atoms with Gasteiger partial charge in [-0.2, -0.15) is 0 Å². The van der Waals surface area contributed by atoms with E-state index in [2.05, 4.69) is 42.9 Å². The molecular formula is C19H38N4O2. The molecule has 0 radical (unpaired) electrons. The largest absolute Gasteiger partial charge is 0.379 e. The Hall–Kier alpha value is -0.850. The Morgan fingerprint density at radius 1 is 1.32 bits per heavy atom. The first kappa shape index (κ1) is 20.5. The monoisotopic (exact) mass is 354 g/mol. The van der Waals surface area contributed by atoms with Crippen LogP contribution in [0.3, 0.4) is 0 Å². The van der Waals surface area contributed by atoms with Crippen molar-refractivity contribution in [3.05, 3.63) is 0 Å². The van der Waals surface area contributed by atoms with Gasteiger partial charge in [-0.1, -0.05) is 13.8 Å². The van der Waals surface area contributed by atoms with Crippen LogP contribution in [0.4, 0.5) is 0 Å². The zero-order chi connectivity index (χ0) is 18.1. The number of guanidine groups is 1. The Bertz CT molecular complexity index is 393. The topological polar surface area (TPSA) is 49.3 Å². The number of aliphatic imine (C=N–C) groups is 1. The van der Waals surface area contributed by atoms with Gasteiger partial charge in [-0.3, -0.25) is 9.89 Å². The molecule has 0 spiro atoms. The van der Waals surface area contributed by atoms with Gasteiger partial charge in [0.25, 0.3) is 0 Å². The van der Waals surface area contributed by atoms with Crippen LogP contribution in [-0.4, -0.2) is 88.0 Å². The standard InChI is InChI=1S/C19H38N4O2/c1-5-20-19(22(4)8-11-25-15-17-6-7-17)21-14-18(16(2)3)23-9-12-24-13-10-23/h16-18H,5-15H2,1-4H3,(H,20,21). The van der Waals surface area contributed by atoms with E-state index in [4.69, 9.17) is 14.5 Å². The highest BCUT2D eigenvalue weighted by molar-refractivity contribution is 5.79. The molecule has 1 aliphatic carbocycles. The summed E-state index contributed by atoms with van der Waals surface area (Å²) < 4.78 is 11.3. The molecular weight excluding hydrogens is 316 g/mol. The lowest BCUT2D eigenvalue weighted by Gasteiger charge is -2.36. The van der Waals surface area contributed by atoms with Gasteiger partial charge in [0.1, 0.15) is 0 Å². The fourth-order valence-corrected chi connectivity index (χ4v) is 3.15. The second-order valence-corrected chi connectivity index (χ2v) is 7.59. The van der Waals surface area contributed by atoms with Crippen LogP contribution in [0, 0.1) is 11.8 Å². The van der Waals surface area contributed by atoms with E-state index in [1.54, 1.807) is 0 Å². The molecule has 6 heteroatoms. The van der Waals surface area contributed by atoms with Crippen molar-refractivity contribution in [1.29, 1.82) is 0 Å². The lowest BCUT2D eigenvalue weighted by atomic mass is 10.0. The van der Waals surface area contributed by atoms with Crippen molar-refractivity contribution < 1.29 is 9.47 Å². The molecule has 2 rings (SSSR count). The van der Waals surface area contributed by atoms with Crippen molar-refractivity contribution >= 4 is 5.96 Å². The molecule has 0 aromatic rings. The Labute approximate surface area is 153 Å². The maximum Gasteiger partial charge on any atom is 0.193 e. The van der Waals surface area contributed by atoms with Gasteiger partial charge >= 0.3 is 0 Å². The number of morpholine rings is 1. The number of hydrogen-bond acceptors (Lipinski definition) is 4. The van der Waals surface area contributed by atoms with Crippen molar-refractivity contribution in [2.24, 2.45) is 16.8 Å². The van der Waals surface area contributed by atoms with Crippen LogP contribution < -0.4 is 5.32 Å². The first-order valence-corrected chi connectivity index (χ1v) is 10.0. The van der Waals surface area contributed by atoms with Gasteiger partial charge in [0.05, 0.1) is 26.4 Å². The Balaban J connectivity index is 1.83. The van der Waals surface area contributed by atoms with Crippen LogP contribution in [0.1, 0.15) is 33.6 Å². The smallest absolute Gasteiger partial charge is 0.193 e. The average Bonchev–Trinajstić information content (AvgIpc) is 3.43. The number of ether oxygens (including phenoxy) is 2. The van der Waals surface area contributed by atoms with Crippen LogP contribution in [0.2, 0.25) is 0 Å². The number of rotatable bonds is 10. The first-order chi connectivity index (χ1) is 12.1. The molecule has 6 nitrogen and oxygen atoms in total. The highest BCUT2D eigenvalue weighted by Crippen LogP contribution is 2.28. The molecule has 1 saturated carbocycles. The molecule has 2 aliphatic rings. The van der Waals surface area contributed by atoms with Gasteiger partial charge in [0.15, 0.2) is 5.96 Å². The summed E-state index contributed by atoms with van der Waals surface area (Å²) in [6.07, 6.45) is 2.69. The van der Waals surface area contributed by atoms with E-state index in [-0.39, 0.29) is 0 Å². The molecule has 2 fully saturated rings. The number of likely N-dealkylation sites (N-methyl/N-ethyl adjacent to an activating group) is 1. The van der Waals surface area contributed by atoms with Crippen molar-refractivity contribution in [1.82, 2.24) is 15.1 Å². The maximum absolute atomic E-state index is 5.77. The summed E-state index contributed by atoms with van der Waals surface area (Å²) in [5.74, 6) is 2.39. The van der Waals surface area contributed by atoms with Crippen LogP contribution in [-0.2, 0) is 9.47 Å². The number of nitrogens with one attached hydrogen (secondary N) is 1. The van der Waals surface area contributed by atoms with Gasteiger partial charge in [-0.25, -0.2) is 0 Å². The molecule has 1 atom stereocenters. The lowest BCUT2D eigenvalue weighted by molar-refractivity contribution is 0.00862. The lowest BCUT2D eigenvalue weighted by Crippen LogP contribution is -2.48. The molecule has 0 aromatic heterocycles. The van der Waals surface area contributed by atoms with E-state index in [9.17, 15) is 0 Å². The number of nitrogens with zero attached hydrogens (tertiary/aromatic N) is 3. The minimum absolute atomic E-state index is 0.470. The SMILES string of the molecule is CCNC(=NCC(C(C)C)N1CCOCC1)N(C)CCOCC1CC1. The normalized spacial score (nSPS) is 20.8. The van der Waals surface area contributed by atoms with Gasteiger partial charge in [0.2, 0.25) is 0 Å². The van der Waals surface area contributed by atoms with E-state index in [1.807, 2.05) is 0 Å². The molecule has 1 N–H and O–H groups in total. The number of hydrogen-bond donors (Lipinski definition) is 1. The van der Waals surface area contributed by atoms with Crippen LogP contribution in [0.5, 0.6) is 0 Å². The molecule has 0 aromatic carbocycles. The summed E-state index contributed by atoms with van der Waals surface area (Å²) >= 11 is 0. The zero-order valence-electron chi connectivity index (χ0n) is 16.7. The highest BCUT2D eigenvalue weighted by atomic mass is 16.5. The fourth-order valence-electron chi connectivity index (χ4n) is 3.15. The zero-order valence-corrected chi connectivity index (χ0v) is 16.7. The quantitative estimate of drug-likeness (QED) is 0.367. The fraction of sp³-hybridized carbons (Fsp3) is 0.947. The summed E-state index contributed by atoms with van der Waals surface area (Å²) in [7, 11) is 2.10. The van der Waals surface area contributed by atoms with E-state index in [0.717, 1.165) is 71.0 Å². The highest BCUT2D eigenvalue weighted by Gasteiger charge is 2.24. The van der Waals surface area contributed by atoms with E-state index >= 15 is 0 Å². The van der Waals surface area contributed by atoms with Gasteiger partial charge in [-0.05, 0) is 31.6 Å². The summed E-state index contributed by atoms with van der Waals surface area (Å²) in [6, 6.07) is 0.470. The molecule has 25 heavy (non-hydrogen) atoms. The molecule has 1 heterocycles. The van der Waals surface area contributed by atoms with Gasteiger partial charge in [0, 0.05) is 45.9 Å². The minimum Gasteiger partial charge on any atom is -0.379 e. The van der Waals surface area contributed by atoms with Gasteiger partial charge < -0.3 is 19.7 Å². The second-order valence-electron chi connectivity index (χ2n) is 7.59. The molecule has 146 valence electrons. The summed E-state index contributed by atoms with van der Waals surface area (Å²) in [6.45, 7) is 14.7. The van der Waals surface area contributed by atoms with Crippen molar-refractivity contribution in [2.75, 3.05) is 66.2 Å². The Kier molecular flexibility index (Phi) is 8.99. The van der Waals surface area contributed by atoms with Crippen LogP contribution in [0.25, 0.3) is 0 Å². The van der Waals surface area contributed by atoms with Gasteiger partial charge in [-0.15, -0.1) is 0 Å². The van der Waals surface area contributed by atoms with Crippen LogP contribution in [0.15, 0.2) is 4.99 Å². The third kappa shape index (κ3) is 7.50. The van der Waals surface area contributed by atoms with Crippen molar-refractivity contribution in [2.45, 2.75) is 39.7 Å². The molecule has 1 aliphatic heterocycles. The minimum atomic E-state index is 0.470. The van der Waals surface area contributed by atoms with E-state index in [1.165, 1.54) is 12.8 Å². The maximum atomic E-state index is 5.77. The van der Waals surface area contributed by atoms with E-state index in [0.29, 0.717) is 12.0 Å². The first-order valence-electron chi connectivity index (χ1n) is 10.0. The van der Waals surface area contributed by atoms with E-state index < -0.39 is 0 Å². The van der Waals surface area contributed by atoms with Crippen molar-refractivity contribution in [3.63, 3.8) is 0 Å². The predicted octanol–water partition coefficient (Wildman–Crippen LogP) is 1.67. The predicted molar refractivity (Wildman–Crippen MR) is 103 cm³/mol. The summed E-state index contributed by atoms with van der Waals surface area (Å²) in [4.78, 5) is 9.65. The van der Waals surface area contributed by atoms with Crippen molar-refractivity contribution in [3.8, 4) is 0 Å².